The first-order valence-corrected chi connectivity index (χ1v) is 5.36. The van der Waals surface area contributed by atoms with Gasteiger partial charge in [-0.1, -0.05) is 0 Å². The number of aromatic nitrogens is 8. The van der Waals surface area contributed by atoms with Crippen LogP contribution >= 0.6 is 0 Å². The predicted molar refractivity (Wildman–Crippen MR) is 61.3 cm³/mol. The predicted octanol–water partition coefficient (Wildman–Crippen LogP) is 0.255. The molecule has 3 aromatic rings. The van der Waals surface area contributed by atoms with Gasteiger partial charge in [-0.05, 0) is 59.0 Å². The Hall–Kier alpha value is -2.64. The van der Waals surface area contributed by atoms with Crippen LogP contribution in [0.1, 0.15) is 11.6 Å². The Morgan fingerprint density at radius 2 is 1.11 bits per heavy atom. The lowest BCUT2D eigenvalue weighted by atomic mass is 10.3. The Morgan fingerprint density at radius 3 is 1.39 bits per heavy atom. The first-order chi connectivity index (χ1) is 8.75. The molecule has 0 spiro atoms. The van der Waals surface area contributed by atoms with Crippen LogP contribution in [0.25, 0.3) is 11.4 Å². The highest BCUT2D eigenvalue weighted by atomic mass is 15.5. The minimum atomic E-state index is 0.737. The van der Waals surface area contributed by atoms with Crippen molar-refractivity contribution in [1.29, 1.82) is 0 Å². The second kappa shape index (κ2) is 3.99. The number of nitrogens with zero attached hydrogens (tertiary/aromatic N) is 8. The summed E-state index contributed by atoms with van der Waals surface area (Å²) in [6.07, 6.45) is 0. The quantitative estimate of drug-likeness (QED) is 0.640. The lowest BCUT2D eigenvalue weighted by Crippen LogP contribution is -2.02. The van der Waals surface area contributed by atoms with Gasteiger partial charge in [0.1, 0.15) is 0 Å². The zero-order valence-electron chi connectivity index (χ0n) is 9.89. The fourth-order valence-corrected chi connectivity index (χ4v) is 1.68. The fourth-order valence-electron chi connectivity index (χ4n) is 1.68. The Kier molecular flexibility index (Phi) is 2.33. The summed E-state index contributed by atoms with van der Waals surface area (Å²) in [6, 6.07) is 7.67. The van der Waals surface area contributed by atoms with E-state index in [0.717, 1.165) is 23.0 Å². The van der Waals surface area contributed by atoms with E-state index >= 15 is 0 Å². The fraction of sp³-hybridized carbons (Fsp3) is 0.200. The summed E-state index contributed by atoms with van der Waals surface area (Å²) >= 11 is 0. The number of benzene rings is 1. The van der Waals surface area contributed by atoms with Crippen molar-refractivity contribution in [2.45, 2.75) is 13.8 Å². The largest absolute Gasteiger partial charge is 0.198 e. The Morgan fingerprint density at radius 1 is 0.722 bits per heavy atom. The Balaban J connectivity index is 2.00. The minimum absolute atomic E-state index is 0.737. The van der Waals surface area contributed by atoms with E-state index in [9.17, 15) is 0 Å². The van der Waals surface area contributed by atoms with Crippen molar-refractivity contribution < 1.29 is 0 Å². The summed E-state index contributed by atoms with van der Waals surface area (Å²) in [7, 11) is 0. The summed E-state index contributed by atoms with van der Waals surface area (Å²) in [6.45, 7) is 3.69. The number of tetrazole rings is 2. The van der Waals surface area contributed by atoms with Gasteiger partial charge in [-0.2, -0.15) is 9.36 Å². The van der Waals surface area contributed by atoms with Gasteiger partial charge < -0.3 is 0 Å². The van der Waals surface area contributed by atoms with E-state index < -0.39 is 0 Å². The maximum absolute atomic E-state index is 3.90. The highest BCUT2D eigenvalue weighted by Gasteiger charge is 2.06. The molecule has 0 unspecified atom stereocenters. The van der Waals surface area contributed by atoms with Gasteiger partial charge in [0, 0.05) is 0 Å². The van der Waals surface area contributed by atoms with Gasteiger partial charge in [-0.25, -0.2) is 0 Å². The van der Waals surface area contributed by atoms with Crippen molar-refractivity contribution in [3.05, 3.63) is 35.9 Å². The van der Waals surface area contributed by atoms with Crippen LogP contribution < -0.4 is 0 Å². The zero-order chi connectivity index (χ0) is 12.5. The minimum Gasteiger partial charge on any atom is -0.198 e. The number of hydrogen-bond donors (Lipinski definition) is 0. The molecule has 2 aromatic heterocycles. The highest BCUT2D eigenvalue weighted by molar-refractivity contribution is 5.40. The van der Waals surface area contributed by atoms with Gasteiger partial charge in [0.15, 0.2) is 11.6 Å². The maximum Gasteiger partial charge on any atom is 0.153 e. The normalized spacial score (nSPS) is 10.8. The molecule has 8 heteroatoms. The summed E-state index contributed by atoms with van der Waals surface area (Å²) in [5, 5.41) is 22.7. The van der Waals surface area contributed by atoms with Gasteiger partial charge in [0.2, 0.25) is 0 Å². The molecule has 90 valence electrons. The first kappa shape index (κ1) is 10.5. The van der Waals surface area contributed by atoms with Crippen molar-refractivity contribution in [2.24, 2.45) is 0 Å². The van der Waals surface area contributed by atoms with Gasteiger partial charge in [0.25, 0.3) is 0 Å². The molecule has 2 heterocycles. The summed E-state index contributed by atoms with van der Waals surface area (Å²) in [5.74, 6) is 1.47. The molecule has 8 nitrogen and oxygen atoms in total. The molecule has 0 amide bonds. The molecule has 0 fully saturated rings. The smallest absolute Gasteiger partial charge is 0.153 e. The van der Waals surface area contributed by atoms with Crippen molar-refractivity contribution in [1.82, 2.24) is 40.4 Å². The van der Waals surface area contributed by atoms with E-state index in [4.69, 9.17) is 0 Å². The van der Waals surface area contributed by atoms with Crippen molar-refractivity contribution in [3.8, 4) is 11.4 Å². The second-order valence-corrected chi connectivity index (χ2v) is 3.79. The van der Waals surface area contributed by atoms with Crippen LogP contribution in [0.15, 0.2) is 24.3 Å². The average Bonchev–Trinajstić information content (AvgIpc) is 2.98. The van der Waals surface area contributed by atoms with Gasteiger partial charge in [0.05, 0.1) is 11.4 Å². The van der Waals surface area contributed by atoms with Crippen LogP contribution in [-0.4, -0.2) is 40.4 Å². The SMILES string of the molecule is Cc1nnnn1-c1ccc(-n2nnnc2C)cc1. The van der Waals surface area contributed by atoms with Crippen LogP contribution in [0.5, 0.6) is 0 Å². The molecule has 0 aliphatic carbocycles. The van der Waals surface area contributed by atoms with Gasteiger partial charge in [-0.3, -0.25) is 0 Å². The first-order valence-electron chi connectivity index (χ1n) is 5.36. The number of rotatable bonds is 2. The molecular weight excluding hydrogens is 232 g/mol. The lowest BCUT2D eigenvalue weighted by Gasteiger charge is -2.04. The van der Waals surface area contributed by atoms with Crippen LogP contribution in [0, 0.1) is 13.8 Å². The van der Waals surface area contributed by atoms with Crippen molar-refractivity contribution in [3.63, 3.8) is 0 Å². The van der Waals surface area contributed by atoms with E-state index in [1.165, 1.54) is 0 Å². The van der Waals surface area contributed by atoms with Crippen LogP contribution in [-0.2, 0) is 0 Å². The van der Waals surface area contributed by atoms with Crippen LogP contribution in [0.4, 0.5) is 0 Å². The molecule has 0 saturated carbocycles. The molecule has 1 aromatic carbocycles. The third-order valence-corrected chi connectivity index (χ3v) is 2.59. The van der Waals surface area contributed by atoms with E-state index in [1.54, 1.807) is 9.36 Å². The molecule has 0 aliphatic heterocycles. The monoisotopic (exact) mass is 242 g/mol. The third kappa shape index (κ3) is 1.63. The number of hydrogen-bond acceptors (Lipinski definition) is 6. The second-order valence-electron chi connectivity index (χ2n) is 3.79. The molecular formula is C10H10N8. The molecule has 18 heavy (non-hydrogen) atoms. The van der Waals surface area contributed by atoms with E-state index in [2.05, 4.69) is 31.1 Å². The molecule has 0 radical (unpaired) electrons. The van der Waals surface area contributed by atoms with E-state index in [1.807, 2.05) is 38.1 Å². The van der Waals surface area contributed by atoms with Crippen LogP contribution in [0.3, 0.4) is 0 Å². The van der Waals surface area contributed by atoms with Gasteiger partial charge >= 0.3 is 0 Å². The third-order valence-electron chi connectivity index (χ3n) is 2.59. The van der Waals surface area contributed by atoms with E-state index in [-0.39, 0.29) is 0 Å². The molecule has 0 saturated heterocycles. The molecule has 0 aliphatic rings. The molecule has 0 N–H and O–H groups in total. The maximum atomic E-state index is 3.90. The molecule has 3 rings (SSSR count). The Bertz CT molecular complexity index is 606. The average molecular weight is 242 g/mol. The summed E-state index contributed by atoms with van der Waals surface area (Å²) in [5.41, 5.74) is 1.79. The van der Waals surface area contributed by atoms with E-state index in [0.29, 0.717) is 0 Å². The summed E-state index contributed by atoms with van der Waals surface area (Å²) in [4.78, 5) is 0. The summed E-state index contributed by atoms with van der Waals surface area (Å²) < 4.78 is 3.33. The van der Waals surface area contributed by atoms with Crippen molar-refractivity contribution in [2.75, 3.05) is 0 Å². The molecule has 0 atom stereocenters. The standard InChI is InChI=1S/C10H10N8/c1-7-11-13-15-17(7)9-3-5-10(6-4-9)18-8(2)12-14-16-18/h3-6H,1-2H3. The van der Waals surface area contributed by atoms with Crippen molar-refractivity contribution >= 4 is 0 Å². The van der Waals surface area contributed by atoms with Gasteiger partial charge in [-0.15, -0.1) is 10.2 Å². The molecule has 0 bridgehead atoms. The highest BCUT2D eigenvalue weighted by Crippen LogP contribution is 2.12. The lowest BCUT2D eigenvalue weighted by molar-refractivity contribution is 0.769. The van der Waals surface area contributed by atoms with Crippen LogP contribution in [0.2, 0.25) is 0 Å². The Labute approximate surface area is 102 Å². The topological polar surface area (TPSA) is 87.2 Å². The zero-order valence-corrected chi connectivity index (χ0v) is 9.89. The number of aryl methyl sites for hydroxylation is 2.